The lowest BCUT2D eigenvalue weighted by Crippen LogP contribution is -2.05. The van der Waals surface area contributed by atoms with Gasteiger partial charge in [0.15, 0.2) is 5.82 Å². The first-order valence-corrected chi connectivity index (χ1v) is 9.81. The van der Waals surface area contributed by atoms with Crippen LogP contribution in [0.3, 0.4) is 0 Å². The summed E-state index contributed by atoms with van der Waals surface area (Å²) < 4.78 is 7.46. The lowest BCUT2D eigenvalue weighted by Gasteiger charge is -2.15. The first kappa shape index (κ1) is 21.3. The maximum absolute atomic E-state index is 9.55. The molecule has 0 bridgehead atoms. The number of hydrazone groups is 1. The number of pyridine rings is 1. The first-order valence-electron chi connectivity index (χ1n) is 9.81. The van der Waals surface area contributed by atoms with E-state index in [1.54, 1.807) is 13.3 Å². The van der Waals surface area contributed by atoms with Crippen LogP contribution in [-0.4, -0.2) is 22.9 Å². The molecule has 0 fully saturated rings. The number of nitriles is 1. The predicted molar refractivity (Wildman–Crippen MR) is 120 cm³/mol. The number of hydrogen-bond donors (Lipinski definition) is 1. The molecule has 0 aliphatic heterocycles. The molecule has 6 nitrogen and oxygen atoms in total. The molecule has 154 valence electrons. The zero-order valence-electron chi connectivity index (χ0n) is 18.4. The van der Waals surface area contributed by atoms with Gasteiger partial charge in [0.25, 0.3) is 0 Å². The standard InChI is InChI=1S/C24H27N5O/c1-15-8-7-9-16(2)23(15)29-18(4)11-20(19(29)5)13-26-28-24-22(12-25)21(14-30-6)10-17(3)27-24/h7-11,13H,14H2,1-6H3,(H,27,28)/b26-13+. The number of ether oxygens (including phenoxy) is 1. The Morgan fingerprint density at radius 3 is 2.50 bits per heavy atom. The fraction of sp³-hybridized carbons (Fsp3) is 0.292. The number of benzene rings is 1. The molecule has 0 radical (unpaired) electrons. The average Bonchev–Trinajstić information content (AvgIpc) is 2.96. The quantitative estimate of drug-likeness (QED) is 0.472. The van der Waals surface area contributed by atoms with Crippen molar-refractivity contribution in [2.45, 2.75) is 41.2 Å². The minimum atomic E-state index is 0.349. The van der Waals surface area contributed by atoms with E-state index in [1.807, 2.05) is 13.0 Å². The van der Waals surface area contributed by atoms with Gasteiger partial charge in [-0.3, -0.25) is 5.43 Å². The molecule has 3 aromatic rings. The van der Waals surface area contributed by atoms with E-state index in [0.717, 1.165) is 28.2 Å². The van der Waals surface area contributed by atoms with Gasteiger partial charge in [-0.05, 0) is 57.9 Å². The van der Waals surface area contributed by atoms with Gasteiger partial charge in [-0.15, -0.1) is 0 Å². The van der Waals surface area contributed by atoms with Crippen LogP contribution >= 0.6 is 0 Å². The number of hydrogen-bond acceptors (Lipinski definition) is 5. The Hall–Kier alpha value is -3.43. The molecule has 2 heterocycles. The van der Waals surface area contributed by atoms with Crippen LogP contribution in [0.1, 0.15) is 44.9 Å². The second-order valence-corrected chi connectivity index (χ2v) is 7.46. The van der Waals surface area contributed by atoms with Gasteiger partial charge in [-0.2, -0.15) is 10.4 Å². The summed E-state index contributed by atoms with van der Waals surface area (Å²) in [5, 5.41) is 13.9. The molecule has 6 heteroatoms. The van der Waals surface area contributed by atoms with E-state index in [-0.39, 0.29) is 0 Å². The Morgan fingerprint density at radius 1 is 1.17 bits per heavy atom. The fourth-order valence-electron chi connectivity index (χ4n) is 3.80. The second kappa shape index (κ2) is 8.93. The van der Waals surface area contributed by atoms with Crippen molar-refractivity contribution >= 4 is 12.0 Å². The molecule has 1 aromatic carbocycles. The van der Waals surface area contributed by atoms with Crippen molar-refractivity contribution < 1.29 is 4.74 Å². The van der Waals surface area contributed by atoms with Crippen LogP contribution in [0.4, 0.5) is 5.82 Å². The second-order valence-electron chi connectivity index (χ2n) is 7.46. The summed E-state index contributed by atoms with van der Waals surface area (Å²) in [6.45, 7) is 10.7. The van der Waals surface area contributed by atoms with Crippen molar-refractivity contribution in [1.82, 2.24) is 9.55 Å². The van der Waals surface area contributed by atoms with Crippen LogP contribution in [0, 0.1) is 45.9 Å². The molecular formula is C24H27N5O. The molecule has 2 aromatic heterocycles. The number of nitrogens with zero attached hydrogens (tertiary/aromatic N) is 4. The summed E-state index contributed by atoms with van der Waals surface area (Å²) in [5.41, 5.74) is 11.9. The molecule has 3 rings (SSSR count). The summed E-state index contributed by atoms with van der Waals surface area (Å²) in [6.07, 6.45) is 1.77. The first-order chi connectivity index (χ1) is 14.4. The van der Waals surface area contributed by atoms with E-state index in [4.69, 9.17) is 4.74 Å². The lowest BCUT2D eigenvalue weighted by molar-refractivity contribution is 0.184. The smallest absolute Gasteiger partial charge is 0.164 e. The van der Waals surface area contributed by atoms with Gasteiger partial charge < -0.3 is 9.30 Å². The van der Waals surface area contributed by atoms with Crippen molar-refractivity contribution in [3.8, 4) is 11.8 Å². The lowest BCUT2D eigenvalue weighted by atomic mass is 10.1. The maximum atomic E-state index is 9.55. The number of rotatable bonds is 6. The van der Waals surface area contributed by atoms with Crippen molar-refractivity contribution in [1.29, 1.82) is 5.26 Å². The highest BCUT2D eigenvalue weighted by molar-refractivity contribution is 5.83. The van der Waals surface area contributed by atoms with E-state index < -0.39 is 0 Å². The topological polar surface area (TPSA) is 75.2 Å². The third-order valence-corrected chi connectivity index (χ3v) is 5.15. The SMILES string of the molecule is COCc1cc(C)nc(N/N=C/c2cc(C)n(-c3c(C)cccc3C)c2C)c1C#N. The predicted octanol–water partition coefficient (Wildman–Crippen LogP) is 4.88. The highest BCUT2D eigenvalue weighted by atomic mass is 16.5. The van der Waals surface area contributed by atoms with Crippen LogP contribution in [-0.2, 0) is 11.3 Å². The summed E-state index contributed by atoms with van der Waals surface area (Å²) in [6, 6.07) is 12.5. The molecule has 0 saturated heterocycles. The van der Waals surface area contributed by atoms with Gasteiger partial charge >= 0.3 is 0 Å². The van der Waals surface area contributed by atoms with E-state index >= 15 is 0 Å². The highest BCUT2D eigenvalue weighted by Crippen LogP contribution is 2.25. The minimum Gasteiger partial charge on any atom is -0.380 e. The van der Waals surface area contributed by atoms with Gasteiger partial charge in [0.05, 0.1) is 18.5 Å². The van der Waals surface area contributed by atoms with Crippen molar-refractivity contribution in [2.75, 3.05) is 12.5 Å². The number of aryl methyl sites for hydroxylation is 4. The van der Waals surface area contributed by atoms with Crippen molar-refractivity contribution in [2.24, 2.45) is 5.10 Å². The molecule has 0 unspecified atom stereocenters. The number of para-hydroxylation sites is 1. The number of aromatic nitrogens is 2. The van der Waals surface area contributed by atoms with Gasteiger partial charge in [-0.25, -0.2) is 4.98 Å². The highest BCUT2D eigenvalue weighted by Gasteiger charge is 2.14. The molecule has 0 aliphatic rings. The van der Waals surface area contributed by atoms with Gasteiger partial charge in [0, 0.05) is 35.3 Å². The Bertz CT molecular complexity index is 1130. The van der Waals surface area contributed by atoms with E-state index in [0.29, 0.717) is 18.0 Å². The third-order valence-electron chi connectivity index (χ3n) is 5.15. The molecule has 0 atom stereocenters. The monoisotopic (exact) mass is 401 g/mol. The molecule has 1 N–H and O–H groups in total. The van der Waals surface area contributed by atoms with E-state index in [1.165, 1.54) is 16.8 Å². The summed E-state index contributed by atoms with van der Waals surface area (Å²) in [4.78, 5) is 4.43. The van der Waals surface area contributed by atoms with Crippen LogP contribution in [0.2, 0.25) is 0 Å². The molecule has 0 spiro atoms. The number of nitrogens with one attached hydrogen (secondary N) is 1. The molecular weight excluding hydrogens is 374 g/mol. The Labute approximate surface area is 177 Å². The Morgan fingerprint density at radius 2 is 1.87 bits per heavy atom. The number of anilines is 1. The zero-order chi connectivity index (χ0) is 21.8. The summed E-state index contributed by atoms with van der Waals surface area (Å²) in [5.74, 6) is 0.435. The zero-order valence-corrected chi connectivity index (χ0v) is 18.4. The Kier molecular flexibility index (Phi) is 6.34. The van der Waals surface area contributed by atoms with Gasteiger partial charge in [0.2, 0.25) is 0 Å². The Balaban J connectivity index is 1.93. The van der Waals surface area contributed by atoms with Crippen LogP contribution in [0.15, 0.2) is 35.4 Å². The largest absolute Gasteiger partial charge is 0.380 e. The average molecular weight is 402 g/mol. The third kappa shape index (κ3) is 4.12. The number of methoxy groups -OCH3 is 1. The van der Waals surface area contributed by atoms with Crippen LogP contribution in [0.5, 0.6) is 0 Å². The van der Waals surface area contributed by atoms with Crippen LogP contribution < -0.4 is 5.43 Å². The molecule has 0 saturated carbocycles. The normalized spacial score (nSPS) is 11.1. The van der Waals surface area contributed by atoms with Gasteiger partial charge in [0.1, 0.15) is 11.6 Å². The fourth-order valence-corrected chi connectivity index (χ4v) is 3.80. The van der Waals surface area contributed by atoms with Crippen LogP contribution in [0.25, 0.3) is 5.69 Å². The minimum absolute atomic E-state index is 0.349. The maximum Gasteiger partial charge on any atom is 0.164 e. The van der Waals surface area contributed by atoms with Crippen molar-refractivity contribution in [3.05, 3.63) is 75.2 Å². The molecule has 0 aliphatic carbocycles. The summed E-state index contributed by atoms with van der Waals surface area (Å²) in [7, 11) is 1.61. The molecule has 0 amide bonds. The van der Waals surface area contributed by atoms with E-state index in [9.17, 15) is 5.26 Å². The van der Waals surface area contributed by atoms with E-state index in [2.05, 4.69) is 78.1 Å². The van der Waals surface area contributed by atoms with Crippen molar-refractivity contribution in [3.63, 3.8) is 0 Å². The summed E-state index contributed by atoms with van der Waals surface area (Å²) >= 11 is 0. The van der Waals surface area contributed by atoms with Gasteiger partial charge in [-0.1, -0.05) is 18.2 Å². The molecule has 30 heavy (non-hydrogen) atoms.